The van der Waals surface area contributed by atoms with Crippen LogP contribution in [0, 0.1) is 0 Å². The molecule has 5 nitrogen and oxygen atoms in total. The van der Waals surface area contributed by atoms with Crippen molar-refractivity contribution in [1.82, 2.24) is 19.7 Å². The molecule has 0 aliphatic carbocycles. The second kappa shape index (κ2) is 10.1. The summed E-state index contributed by atoms with van der Waals surface area (Å²) < 4.78 is 1.96. The van der Waals surface area contributed by atoms with E-state index in [1.165, 1.54) is 22.9 Å². The Labute approximate surface area is 170 Å². The molecular formula is C22H26N4OS. The minimum Gasteiger partial charge on any atom is -0.345 e. The zero-order valence-corrected chi connectivity index (χ0v) is 17.2. The first kappa shape index (κ1) is 20.1. The van der Waals surface area contributed by atoms with Crippen molar-refractivity contribution in [3.05, 3.63) is 72.1 Å². The van der Waals surface area contributed by atoms with Crippen LogP contribution >= 0.6 is 11.8 Å². The molecule has 0 aliphatic heterocycles. The summed E-state index contributed by atoms with van der Waals surface area (Å²) in [6, 6.07) is 18.6. The first-order valence-corrected chi connectivity index (χ1v) is 10.6. The van der Waals surface area contributed by atoms with Gasteiger partial charge in [0.15, 0.2) is 5.16 Å². The van der Waals surface area contributed by atoms with E-state index in [1.807, 2.05) is 41.9 Å². The molecule has 146 valence electrons. The molecule has 0 bridgehead atoms. The minimum absolute atomic E-state index is 0.108. The van der Waals surface area contributed by atoms with Gasteiger partial charge in [-0.1, -0.05) is 67.2 Å². The molecule has 1 amide bonds. The highest BCUT2D eigenvalue weighted by Gasteiger charge is 2.14. The number of benzene rings is 2. The Morgan fingerprint density at radius 3 is 2.64 bits per heavy atom. The molecule has 0 aliphatic rings. The maximum atomic E-state index is 12.5. The Morgan fingerprint density at radius 1 is 1.11 bits per heavy atom. The van der Waals surface area contributed by atoms with E-state index in [9.17, 15) is 4.79 Å². The topological polar surface area (TPSA) is 51.0 Å². The number of aryl methyl sites for hydroxylation is 2. The molecule has 0 N–H and O–H groups in total. The fraction of sp³-hybridized carbons (Fsp3) is 0.318. The van der Waals surface area contributed by atoms with Gasteiger partial charge in [-0.25, -0.2) is 0 Å². The monoisotopic (exact) mass is 394 g/mol. The van der Waals surface area contributed by atoms with Crippen LogP contribution in [0.4, 0.5) is 0 Å². The van der Waals surface area contributed by atoms with Crippen LogP contribution in [0.25, 0.3) is 5.69 Å². The third kappa shape index (κ3) is 5.23. The smallest absolute Gasteiger partial charge is 0.232 e. The molecule has 3 aromatic rings. The Balaban J connectivity index is 1.53. The number of nitrogens with zero attached hydrogens (tertiary/aromatic N) is 4. The van der Waals surface area contributed by atoms with E-state index in [2.05, 4.69) is 41.4 Å². The van der Waals surface area contributed by atoms with Crippen LogP contribution in [0.5, 0.6) is 0 Å². The van der Waals surface area contributed by atoms with Crippen LogP contribution in [-0.2, 0) is 17.6 Å². The lowest BCUT2D eigenvalue weighted by Gasteiger charge is -2.17. The van der Waals surface area contributed by atoms with Crippen LogP contribution in [0.15, 0.2) is 66.1 Å². The van der Waals surface area contributed by atoms with Gasteiger partial charge in [0.2, 0.25) is 5.91 Å². The third-order valence-electron chi connectivity index (χ3n) is 4.70. The fourth-order valence-corrected chi connectivity index (χ4v) is 3.92. The average molecular weight is 395 g/mol. The number of rotatable bonds is 9. The van der Waals surface area contributed by atoms with E-state index in [0.29, 0.717) is 5.75 Å². The van der Waals surface area contributed by atoms with Crippen molar-refractivity contribution < 1.29 is 4.79 Å². The summed E-state index contributed by atoms with van der Waals surface area (Å²) in [4.78, 5) is 14.3. The Hall–Kier alpha value is -2.60. The molecule has 0 fully saturated rings. The SMILES string of the molecule is CCc1ccccc1-n1cnnc1SCC(=O)N(C)CCCc1ccccc1. The zero-order chi connectivity index (χ0) is 19.8. The number of hydrogen-bond acceptors (Lipinski definition) is 4. The standard InChI is InChI=1S/C22H26N4OS/c1-3-19-13-7-8-14-20(19)26-17-23-24-22(26)28-16-21(27)25(2)15-9-12-18-10-5-4-6-11-18/h4-8,10-11,13-14,17H,3,9,12,15-16H2,1-2H3. The van der Waals surface area contributed by atoms with Crippen LogP contribution in [0.1, 0.15) is 24.5 Å². The Kier molecular flexibility index (Phi) is 7.25. The minimum atomic E-state index is 0.108. The Bertz CT molecular complexity index is 894. The number of aromatic nitrogens is 3. The maximum Gasteiger partial charge on any atom is 0.232 e. The molecule has 0 unspecified atom stereocenters. The van der Waals surface area contributed by atoms with Crippen molar-refractivity contribution in [3.63, 3.8) is 0 Å². The van der Waals surface area contributed by atoms with E-state index < -0.39 is 0 Å². The molecule has 0 saturated carbocycles. The van der Waals surface area contributed by atoms with Crippen molar-refractivity contribution in [3.8, 4) is 5.69 Å². The third-order valence-corrected chi connectivity index (χ3v) is 5.63. The number of carbonyl (C=O) groups excluding carboxylic acids is 1. The van der Waals surface area contributed by atoms with Crippen molar-refractivity contribution in [1.29, 1.82) is 0 Å². The van der Waals surface area contributed by atoms with Crippen LogP contribution < -0.4 is 0 Å². The van der Waals surface area contributed by atoms with Crippen LogP contribution in [0.2, 0.25) is 0 Å². The van der Waals surface area contributed by atoms with Gasteiger partial charge < -0.3 is 4.90 Å². The summed E-state index contributed by atoms with van der Waals surface area (Å²) in [5.41, 5.74) is 3.61. The first-order chi connectivity index (χ1) is 13.7. The molecule has 3 rings (SSSR count). The summed E-state index contributed by atoms with van der Waals surface area (Å²) in [7, 11) is 1.87. The van der Waals surface area contributed by atoms with Gasteiger partial charge in [-0.05, 0) is 36.5 Å². The lowest BCUT2D eigenvalue weighted by Crippen LogP contribution is -2.29. The van der Waals surface area contributed by atoms with Crippen molar-refractivity contribution >= 4 is 17.7 Å². The molecule has 1 aromatic heterocycles. The highest BCUT2D eigenvalue weighted by molar-refractivity contribution is 7.99. The van der Waals surface area contributed by atoms with Crippen LogP contribution in [-0.4, -0.2) is 44.9 Å². The molecule has 1 heterocycles. The molecule has 6 heteroatoms. The summed E-state index contributed by atoms with van der Waals surface area (Å²) >= 11 is 1.43. The molecular weight excluding hydrogens is 368 g/mol. The predicted octanol–water partition coefficient (Wildman–Crippen LogP) is 4.01. The molecule has 2 aromatic carbocycles. The summed E-state index contributed by atoms with van der Waals surface area (Å²) in [6.07, 6.45) is 4.58. The highest BCUT2D eigenvalue weighted by atomic mass is 32.2. The number of hydrogen-bond donors (Lipinski definition) is 0. The van der Waals surface area contributed by atoms with Gasteiger partial charge in [-0.15, -0.1) is 10.2 Å². The van der Waals surface area contributed by atoms with Crippen molar-refractivity contribution in [2.75, 3.05) is 19.3 Å². The lowest BCUT2D eigenvalue weighted by molar-refractivity contribution is -0.127. The molecule has 28 heavy (non-hydrogen) atoms. The number of para-hydroxylation sites is 1. The van der Waals surface area contributed by atoms with Gasteiger partial charge in [-0.2, -0.15) is 0 Å². The second-order valence-electron chi connectivity index (χ2n) is 6.66. The number of thioether (sulfide) groups is 1. The van der Waals surface area contributed by atoms with Gasteiger partial charge in [-0.3, -0.25) is 9.36 Å². The van der Waals surface area contributed by atoms with Gasteiger partial charge in [0, 0.05) is 13.6 Å². The van der Waals surface area contributed by atoms with Gasteiger partial charge in [0.1, 0.15) is 6.33 Å². The molecule has 0 saturated heterocycles. The Morgan fingerprint density at radius 2 is 1.86 bits per heavy atom. The molecule has 0 spiro atoms. The fourth-order valence-electron chi connectivity index (χ4n) is 3.06. The van der Waals surface area contributed by atoms with Gasteiger partial charge in [0.25, 0.3) is 0 Å². The number of carbonyl (C=O) groups is 1. The van der Waals surface area contributed by atoms with Crippen LogP contribution in [0.3, 0.4) is 0 Å². The molecule has 0 radical (unpaired) electrons. The summed E-state index contributed by atoms with van der Waals surface area (Å²) in [5.74, 6) is 0.464. The highest BCUT2D eigenvalue weighted by Crippen LogP contribution is 2.22. The summed E-state index contributed by atoms with van der Waals surface area (Å²) in [6.45, 7) is 2.88. The van der Waals surface area contributed by atoms with Crippen molar-refractivity contribution in [2.24, 2.45) is 0 Å². The van der Waals surface area contributed by atoms with E-state index in [4.69, 9.17) is 0 Å². The van der Waals surface area contributed by atoms with E-state index in [0.717, 1.165) is 36.7 Å². The summed E-state index contributed by atoms with van der Waals surface area (Å²) in [5, 5.41) is 9.00. The lowest BCUT2D eigenvalue weighted by atomic mass is 10.1. The zero-order valence-electron chi connectivity index (χ0n) is 16.4. The van der Waals surface area contributed by atoms with Gasteiger partial charge >= 0.3 is 0 Å². The van der Waals surface area contributed by atoms with Gasteiger partial charge in [0.05, 0.1) is 11.4 Å². The van der Waals surface area contributed by atoms with E-state index in [1.54, 1.807) is 11.2 Å². The maximum absolute atomic E-state index is 12.5. The first-order valence-electron chi connectivity index (χ1n) is 9.58. The average Bonchev–Trinajstić information content (AvgIpc) is 3.21. The van der Waals surface area contributed by atoms with E-state index in [-0.39, 0.29) is 5.91 Å². The van der Waals surface area contributed by atoms with E-state index >= 15 is 0 Å². The quantitative estimate of drug-likeness (QED) is 0.515. The number of amides is 1. The molecule has 0 atom stereocenters. The normalized spacial score (nSPS) is 10.8. The predicted molar refractivity (Wildman–Crippen MR) is 114 cm³/mol. The van der Waals surface area contributed by atoms with Crippen molar-refractivity contribution in [2.45, 2.75) is 31.3 Å². The largest absolute Gasteiger partial charge is 0.345 e. The second-order valence-corrected chi connectivity index (χ2v) is 7.60.